The topological polar surface area (TPSA) is 38.9 Å². The Kier molecular flexibility index (Phi) is 3.66. The van der Waals surface area contributed by atoms with Crippen molar-refractivity contribution in [2.24, 2.45) is 5.92 Å². The number of hydrogen-bond acceptors (Lipinski definition) is 2. The van der Waals surface area contributed by atoms with E-state index in [2.05, 4.69) is 49.2 Å². The highest BCUT2D eigenvalue weighted by Gasteiger charge is 2.03. The smallest absolute Gasteiger partial charge is 0.126 e. The van der Waals surface area contributed by atoms with Crippen molar-refractivity contribution in [3.63, 3.8) is 0 Å². The van der Waals surface area contributed by atoms with Crippen molar-refractivity contribution in [2.75, 3.05) is 5.73 Å². The highest BCUT2D eigenvalue weighted by Crippen LogP contribution is 2.23. The zero-order chi connectivity index (χ0) is 13.1. The van der Waals surface area contributed by atoms with Crippen LogP contribution in [0.5, 0.6) is 0 Å². The maximum atomic E-state index is 5.75. The molecular formula is C16H20N2. The number of aromatic nitrogens is 1. The Balaban J connectivity index is 2.35. The minimum absolute atomic E-state index is 0.608. The van der Waals surface area contributed by atoms with Crippen LogP contribution in [0.3, 0.4) is 0 Å². The second kappa shape index (κ2) is 5.21. The zero-order valence-electron chi connectivity index (χ0n) is 11.3. The molecule has 0 aliphatic rings. The largest absolute Gasteiger partial charge is 0.383 e. The van der Waals surface area contributed by atoms with Crippen LogP contribution in [0.4, 0.5) is 5.82 Å². The predicted molar refractivity (Wildman–Crippen MR) is 77.4 cm³/mol. The molecule has 0 amide bonds. The number of anilines is 1. The first-order valence-electron chi connectivity index (χ1n) is 6.37. The van der Waals surface area contributed by atoms with Gasteiger partial charge in [-0.15, -0.1) is 0 Å². The number of nitrogens with two attached hydrogens (primary N) is 1. The molecule has 0 saturated heterocycles. The van der Waals surface area contributed by atoms with Crippen LogP contribution < -0.4 is 5.73 Å². The Hall–Kier alpha value is -1.83. The van der Waals surface area contributed by atoms with Crippen molar-refractivity contribution in [3.05, 3.63) is 47.7 Å². The normalized spacial score (nSPS) is 10.9. The molecule has 0 fully saturated rings. The Labute approximate surface area is 109 Å². The molecule has 0 aliphatic carbocycles. The van der Waals surface area contributed by atoms with Crippen molar-refractivity contribution >= 4 is 5.82 Å². The molecule has 1 aromatic carbocycles. The SMILES string of the molecule is Cc1cc(-c2cccc(CC(C)C)c2)cnc1N. The average molecular weight is 240 g/mol. The lowest BCUT2D eigenvalue weighted by molar-refractivity contribution is 0.647. The third-order valence-electron chi connectivity index (χ3n) is 3.02. The lowest BCUT2D eigenvalue weighted by Crippen LogP contribution is -1.96. The van der Waals surface area contributed by atoms with Gasteiger partial charge < -0.3 is 5.73 Å². The van der Waals surface area contributed by atoms with Crippen molar-refractivity contribution < 1.29 is 0 Å². The van der Waals surface area contributed by atoms with Gasteiger partial charge in [-0.25, -0.2) is 4.98 Å². The molecule has 0 atom stereocenters. The third kappa shape index (κ3) is 2.89. The highest BCUT2D eigenvalue weighted by atomic mass is 14.8. The van der Waals surface area contributed by atoms with E-state index in [0.717, 1.165) is 17.5 Å². The Morgan fingerprint density at radius 3 is 2.61 bits per heavy atom. The number of benzene rings is 1. The summed E-state index contributed by atoms with van der Waals surface area (Å²) in [5.74, 6) is 1.28. The van der Waals surface area contributed by atoms with E-state index in [9.17, 15) is 0 Å². The van der Waals surface area contributed by atoms with Gasteiger partial charge in [-0.2, -0.15) is 0 Å². The van der Waals surface area contributed by atoms with E-state index < -0.39 is 0 Å². The van der Waals surface area contributed by atoms with Gasteiger partial charge in [0.1, 0.15) is 5.82 Å². The molecule has 0 aliphatic heterocycles. The van der Waals surface area contributed by atoms with Crippen molar-refractivity contribution in [1.29, 1.82) is 0 Å². The predicted octanol–water partition coefficient (Wildman–Crippen LogP) is 3.84. The van der Waals surface area contributed by atoms with Crippen LogP contribution in [0.15, 0.2) is 36.5 Å². The van der Waals surface area contributed by atoms with Gasteiger partial charge in [0, 0.05) is 11.8 Å². The summed E-state index contributed by atoms with van der Waals surface area (Å²) in [4.78, 5) is 4.22. The minimum atomic E-state index is 0.608. The molecule has 2 N–H and O–H groups in total. The molecule has 1 heterocycles. The fraction of sp³-hybridized carbons (Fsp3) is 0.312. The summed E-state index contributed by atoms with van der Waals surface area (Å²) in [7, 11) is 0. The first-order valence-corrected chi connectivity index (χ1v) is 6.37. The molecule has 2 rings (SSSR count). The van der Waals surface area contributed by atoms with E-state index in [1.807, 2.05) is 13.1 Å². The second-order valence-electron chi connectivity index (χ2n) is 5.22. The molecule has 2 aromatic rings. The van der Waals surface area contributed by atoms with Crippen molar-refractivity contribution in [1.82, 2.24) is 4.98 Å². The summed E-state index contributed by atoms with van der Waals surface area (Å²) in [6, 6.07) is 10.7. The number of rotatable bonds is 3. The fourth-order valence-electron chi connectivity index (χ4n) is 2.09. The average Bonchev–Trinajstić information content (AvgIpc) is 2.32. The van der Waals surface area contributed by atoms with Crippen LogP contribution >= 0.6 is 0 Å². The summed E-state index contributed by atoms with van der Waals surface area (Å²) in [5, 5.41) is 0. The lowest BCUT2D eigenvalue weighted by Gasteiger charge is -2.08. The zero-order valence-corrected chi connectivity index (χ0v) is 11.3. The lowest BCUT2D eigenvalue weighted by atomic mass is 9.98. The number of nitrogens with zero attached hydrogens (tertiary/aromatic N) is 1. The Morgan fingerprint density at radius 2 is 1.94 bits per heavy atom. The van der Waals surface area contributed by atoms with Crippen LogP contribution in [0.1, 0.15) is 25.0 Å². The van der Waals surface area contributed by atoms with Crippen LogP contribution in [-0.4, -0.2) is 4.98 Å². The molecule has 18 heavy (non-hydrogen) atoms. The Bertz CT molecular complexity index is 545. The van der Waals surface area contributed by atoms with Crippen molar-refractivity contribution in [3.8, 4) is 11.1 Å². The number of nitrogen functional groups attached to an aromatic ring is 1. The maximum absolute atomic E-state index is 5.75. The van der Waals surface area contributed by atoms with E-state index in [0.29, 0.717) is 11.7 Å². The minimum Gasteiger partial charge on any atom is -0.383 e. The molecule has 1 aromatic heterocycles. The molecule has 2 nitrogen and oxygen atoms in total. The summed E-state index contributed by atoms with van der Waals surface area (Å²) in [5.41, 5.74) is 10.5. The molecule has 2 heteroatoms. The third-order valence-corrected chi connectivity index (χ3v) is 3.02. The van der Waals surface area contributed by atoms with Crippen LogP contribution in [0.25, 0.3) is 11.1 Å². The molecule has 0 saturated carbocycles. The van der Waals surface area contributed by atoms with Crippen LogP contribution in [-0.2, 0) is 6.42 Å². The fourth-order valence-corrected chi connectivity index (χ4v) is 2.09. The standard InChI is InChI=1S/C16H20N2/c1-11(2)7-13-5-4-6-14(9-13)15-8-12(3)16(17)18-10-15/h4-6,8-11H,7H2,1-3H3,(H2,17,18). The van der Waals surface area contributed by atoms with E-state index in [1.165, 1.54) is 11.1 Å². The number of pyridine rings is 1. The second-order valence-corrected chi connectivity index (χ2v) is 5.22. The van der Waals surface area contributed by atoms with E-state index in [4.69, 9.17) is 5.73 Å². The Morgan fingerprint density at radius 1 is 1.17 bits per heavy atom. The number of hydrogen-bond donors (Lipinski definition) is 1. The summed E-state index contributed by atoms with van der Waals surface area (Å²) < 4.78 is 0. The molecule has 0 unspecified atom stereocenters. The summed E-state index contributed by atoms with van der Waals surface area (Å²) in [6.45, 7) is 6.47. The summed E-state index contributed by atoms with van der Waals surface area (Å²) >= 11 is 0. The van der Waals surface area contributed by atoms with Crippen LogP contribution in [0, 0.1) is 12.8 Å². The van der Waals surface area contributed by atoms with Gasteiger partial charge >= 0.3 is 0 Å². The highest BCUT2D eigenvalue weighted by molar-refractivity contribution is 5.65. The molecule has 0 radical (unpaired) electrons. The van der Waals surface area contributed by atoms with E-state index >= 15 is 0 Å². The van der Waals surface area contributed by atoms with Gasteiger partial charge in [0.05, 0.1) is 0 Å². The van der Waals surface area contributed by atoms with Gasteiger partial charge in [0.2, 0.25) is 0 Å². The van der Waals surface area contributed by atoms with Crippen LogP contribution in [0.2, 0.25) is 0 Å². The number of aryl methyl sites for hydroxylation is 1. The molecular weight excluding hydrogens is 220 g/mol. The monoisotopic (exact) mass is 240 g/mol. The van der Waals surface area contributed by atoms with Gasteiger partial charge in [-0.1, -0.05) is 38.1 Å². The first kappa shape index (κ1) is 12.6. The van der Waals surface area contributed by atoms with Gasteiger partial charge in [-0.05, 0) is 42.0 Å². The van der Waals surface area contributed by atoms with Gasteiger partial charge in [0.25, 0.3) is 0 Å². The van der Waals surface area contributed by atoms with Gasteiger partial charge in [0.15, 0.2) is 0 Å². The van der Waals surface area contributed by atoms with E-state index in [-0.39, 0.29) is 0 Å². The van der Waals surface area contributed by atoms with Gasteiger partial charge in [-0.3, -0.25) is 0 Å². The maximum Gasteiger partial charge on any atom is 0.126 e. The first-order chi connectivity index (χ1) is 8.56. The molecule has 0 spiro atoms. The van der Waals surface area contributed by atoms with Crippen molar-refractivity contribution in [2.45, 2.75) is 27.2 Å². The molecule has 94 valence electrons. The quantitative estimate of drug-likeness (QED) is 0.885. The summed E-state index contributed by atoms with van der Waals surface area (Å²) in [6.07, 6.45) is 2.95. The van der Waals surface area contributed by atoms with E-state index in [1.54, 1.807) is 0 Å². The molecule has 0 bridgehead atoms.